The van der Waals surface area contributed by atoms with Crippen LogP contribution < -0.4 is 10.6 Å². The summed E-state index contributed by atoms with van der Waals surface area (Å²) in [6.07, 6.45) is 1.72. The van der Waals surface area contributed by atoms with Gasteiger partial charge >= 0.3 is 0 Å². The molecule has 2 aromatic carbocycles. The highest BCUT2D eigenvalue weighted by Gasteiger charge is 2.66. The number of anilines is 1. The second kappa shape index (κ2) is 9.88. The fourth-order valence-corrected chi connectivity index (χ4v) is 7.49. The molecule has 1 saturated carbocycles. The van der Waals surface area contributed by atoms with E-state index < -0.39 is 35.3 Å². The molecule has 0 aromatic heterocycles. The number of Topliss-reactive ketones (excluding diaryl/α,β-unsaturated/α-hetero) is 1. The van der Waals surface area contributed by atoms with Crippen LogP contribution in [-0.2, 0) is 15.0 Å². The van der Waals surface area contributed by atoms with Crippen LogP contribution in [0.5, 0.6) is 0 Å². The Labute approximate surface area is 233 Å². The number of carbonyl (C=O) groups is 2. The third-order valence-electron chi connectivity index (χ3n) is 8.71. The van der Waals surface area contributed by atoms with Crippen molar-refractivity contribution >= 4 is 40.6 Å². The lowest BCUT2D eigenvalue weighted by Crippen LogP contribution is -2.49. The van der Waals surface area contributed by atoms with Crippen molar-refractivity contribution in [2.75, 3.05) is 5.32 Å². The van der Waals surface area contributed by atoms with Crippen molar-refractivity contribution in [3.8, 4) is 0 Å². The molecule has 0 bridgehead atoms. The number of benzene rings is 2. The van der Waals surface area contributed by atoms with Crippen LogP contribution in [0.25, 0.3) is 0 Å². The summed E-state index contributed by atoms with van der Waals surface area (Å²) in [7, 11) is 0. The second-order valence-corrected chi connectivity index (χ2v) is 13.5. The molecule has 1 spiro atoms. The molecule has 8 heteroatoms. The number of hydrogen-bond acceptors (Lipinski definition) is 4. The zero-order chi connectivity index (χ0) is 27.6. The molecule has 5 rings (SSSR count). The molecular formula is C30H35Cl2FN2O3. The minimum atomic E-state index is -1.25. The Morgan fingerprint density at radius 2 is 1.92 bits per heavy atom. The summed E-state index contributed by atoms with van der Waals surface area (Å²) in [6.45, 7) is 8.25. The summed E-state index contributed by atoms with van der Waals surface area (Å²) in [6, 6.07) is 8.78. The monoisotopic (exact) mass is 560 g/mol. The Balaban J connectivity index is 1.68. The normalized spacial score (nSPS) is 32.6. The van der Waals surface area contributed by atoms with E-state index >= 15 is 4.39 Å². The number of aliphatic hydroxyl groups excluding tert-OH is 1. The van der Waals surface area contributed by atoms with Gasteiger partial charge in [0.25, 0.3) is 0 Å². The van der Waals surface area contributed by atoms with E-state index in [0.29, 0.717) is 29.1 Å². The maximum absolute atomic E-state index is 15.8. The van der Waals surface area contributed by atoms with Gasteiger partial charge in [-0.05, 0) is 65.8 Å². The average molecular weight is 562 g/mol. The maximum Gasteiger partial charge on any atom is 0.237 e. The van der Waals surface area contributed by atoms with Gasteiger partial charge in [-0.15, -0.1) is 0 Å². The summed E-state index contributed by atoms with van der Waals surface area (Å²) in [5.74, 6) is -1.63. The molecule has 1 unspecified atom stereocenters. The molecule has 7 atom stereocenters. The zero-order valence-electron chi connectivity index (χ0n) is 22.2. The predicted octanol–water partition coefficient (Wildman–Crippen LogP) is 6.25. The van der Waals surface area contributed by atoms with E-state index in [4.69, 9.17) is 23.2 Å². The number of ketones is 1. The first kappa shape index (κ1) is 27.6. The molecule has 1 aliphatic carbocycles. The Hall–Kier alpha value is -1.99. The van der Waals surface area contributed by atoms with E-state index in [9.17, 15) is 14.7 Å². The average Bonchev–Trinajstić information content (AvgIpc) is 3.41. The molecule has 2 heterocycles. The summed E-state index contributed by atoms with van der Waals surface area (Å²) in [5, 5.41) is 17.3. The maximum atomic E-state index is 15.8. The van der Waals surface area contributed by atoms with Crippen LogP contribution in [0.4, 0.5) is 10.1 Å². The van der Waals surface area contributed by atoms with E-state index in [1.807, 2.05) is 13.0 Å². The smallest absolute Gasteiger partial charge is 0.237 e. The van der Waals surface area contributed by atoms with Gasteiger partial charge in [-0.3, -0.25) is 9.59 Å². The minimum absolute atomic E-state index is 0.0419. The Kier molecular flexibility index (Phi) is 7.17. The van der Waals surface area contributed by atoms with E-state index in [-0.39, 0.29) is 45.9 Å². The van der Waals surface area contributed by atoms with E-state index in [1.54, 1.807) is 24.3 Å². The summed E-state index contributed by atoms with van der Waals surface area (Å²) < 4.78 is 15.8. The fourth-order valence-electron chi connectivity index (χ4n) is 7.14. The van der Waals surface area contributed by atoms with Gasteiger partial charge in [0.15, 0.2) is 5.78 Å². The van der Waals surface area contributed by atoms with Gasteiger partial charge in [-0.1, -0.05) is 69.1 Å². The Morgan fingerprint density at radius 3 is 2.58 bits per heavy atom. The van der Waals surface area contributed by atoms with Crippen LogP contribution in [0.2, 0.25) is 10.0 Å². The highest BCUT2D eigenvalue weighted by Crippen LogP contribution is 2.57. The molecule has 2 fully saturated rings. The summed E-state index contributed by atoms with van der Waals surface area (Å²) in [5.41, 5.74) is 0.0921. The first-order valence-corrected chi connectivity index (χ1v) is 14.1. The first-order valence-electron chi connectivity index (χ1n) is 13.3. The van der Waals surface area contributed by atoms with Crippen LogP contribution in [0, 0.1) is 23.1 Å². The van der Waals surface area contributed by atoms with Crippen LogP contribution in [0.3, 0.4) is 0 Å². The Morgan fingerprint density at radius 1 is 1.18 bits per heavy atom. The van der Waals surface area contributed by atoms with Crippen LogP contribution >= 0.6 is 23.2 Å². The third-order valence-corrected chi connectivity index (χ3v) is 9.24. The zero-order valence-corrected chi connectivity index (χ0v) is 23.7. The van der Waals surface area contributed by atoms with E-state index in [2.05, 4.69) is 31.4 Å². The summed E-state index contributed by atoms with van der Waals surface area (Å²) >= 11 is 12.5. The molecule has 0 radical (unpaired) electrons. The van der Waals surface area contributed by atoms with Crippen molar-refractivity contribution in [3.05, 3.63) is 63.4 Å². The largest absolute Gasteiger partial charge is 0.393 e. The van der Waals surface area contributed by atoms with Gasteiger partial charge in [-0.2, -0.15) is 0 Å². The lowest BCUT2D eigenvalue weighted by Gasteiger charge is -2.37. The van der Waals surface area contributed by atoms with Crippen molar-refractivity contribution in [3.63, 3.8) is 0 Å². The standard InChI is InChI=1S/C30H35Cl2FN2O3/c1-15-10-16(11-22(15)36)12-23(37)27-25(18-6-5-7-20(32)26(18)33)30(24(35-27)14-29(2,3)4)19-9-8-17(31)13-21(19)34-28(30)38/h5-9,13,15-16,22,24-25,27,35-36H,10-12,14H2,1-4H3,(H,34,38)/t15-,16?,22+,24+,25-,27-,30-/m0/s1. The highest BCUT2D eigenvalue weighted by molar-refractivity contribution is 6.31. The number of fused-ring (bicyclic) bond motifs is 2. The third kappa shape index (κ3) is 4.57. The van der Waals surface area contributed by atoms with Crippen molar-refractivity contribution < 1.29 is 19.1 Å². The van der Waals surface area contributed by atoms with Crippen molar-refractivity contribution in [2.24, 2.45) is 17.3 Å². The number of carbonyl (C=O) groups excluding carboxylic acids is 2. The molecule has 3 aliphatic rings. The molecule has 1 amide bonds. The number of rotatable bonds is 5. The number of halogens is 3. The number of aliphatic hydroxyl groups is 1. The lowest BCUT2D eigenvalue weighted by molar-refractivity contribution is -0.123. The molecule has 3 N–H and O–H groups in total. The second-order valence-electron chi connectivity index (χ2n) is 12.6. The van der Waals surface area contributed by atoms with Gasteiger partial charge in [0.1, 0.15) is 11.2 Å². The molecule has 5 nitrogen and oxygen atoms in total. The number of nitrogens with one attached hydrogen (secondary N) is 2. The number of hydrogen-bond donors (Lipinski definition) is 3. The van der Waals surface area contributed by atoms with E-state index in [0.717, 1.165) is 6.42 Å². The van der Waals surface area contributed by atoms with Gasteiger partial charge in [-0.25, -0.2) is 4.39 Å². The van der Waals surface area contributed by atoms with E-state index in [1.165, 1.54) is 6.07 Å². The SMILES string of the molecule is C[C@H]1CC(CC(=O)[C@@H]2N[C@H](CC(C)(C)C)[C@]3(C(=O)Nc4cc(Cl)ccc43)[C@H]2c2cccc(Cl)c2F)C[C@H]1O. The van der Waals surface area contributed by atoms with Crippen molar-refractivity contribution in [1.82, 2.24) is 5.32 Å². The molecular weight excluding hydrogens is 526 g/mol. The van der Waals surface area contributed by atoms with Crippen molar-refractivity contribution in [1.29, 1.82) is 0 Å². The van der Waals surface area contributed by atoms with Crippen LogP contribution in [0.1, 0.15) is 70.4 Å². The quantitative estimate of drug-likeness (QED) is 0.404. The molecule has 204 valence electrons. The predicted molar refractivity (Wildman–Crippen MR) is 148 cm³/mol. The first-order chi connectivity index (χ1) is 17.8. The molecule has 38 heavy (non-hydrogen) atoms. The lowest BCUT2D eigenvalue weighted by atomic mass is 9.62. The Bertz CT molecular complexity index is 1270. The van der Waals surface area contributed by atoms with Gasteiger partial charge in [0, 0.05) is 29.1 Å². The minimum Gasteiger partial charge on any atom is -0.393 e. The molecule has 1 saturated heterocycles. The number of amides is 1. The van der Waals surface area contributed by atoms with Gasteiger partial charge in [0.05, 0.1) is 17.2 Å². The van der Waals surface area contributed by atoms with Crippen LogP contribution in [-0.4, -0.2) is 35.0 Å². The van der Waals surface area contributed by atoms with Gasteiger partial charge < -0.3 is 15.7 Å². The van der Waals surface area contributed by atoms with Crippen molar-refractivity contribution in [2.45, 2.75) is 82.9 Å². The fraction of sp³-hybridized carbons (Fsp3) is 0.533. The topological polar surface area (TPSA) is 78.4 Å². The summed E-state index contributed by atoms with van der Waals surface area (Å²) in [4.78, 5) is 28.2. The highest BCUT2D eigenvalue weighted by atomic mass is 35.5. The molecule has 2 aliphatic heterocycles. The molecule has 2 aromatic rings. The van der Waals surface area contributed by atoms with Crippen LogP contribution in [0.15, 0.2) is 36.4 Å². The van der Waals surface area contributed by atoms with Gasteiger partial charge in [0.2, 0.25) is 5.91 Å².